The van der Waals surface area contributed by atoms with Crippen LogP contribution in [0.5, 0.6) is 5.88 Å². The van der Waals surface area contributed by atoms with Gasteiger partial charge in [-0.1, -0.05) is 6.07 Å². The summed E-state index contributed by atoms with van der Waals surface area (Å²) in [5.74, 6) is 0.570. The third kappa shape index (κ3) is 3.17. The van der Waals surface area contributed by atoms with E-state index in [0.29, 0.717) is 24.0 Å². The number of pyridine rings is 1. The summed E-state index contributed by atoms with van der Waals surface area (Å²) in [6.07, 6.45) is 11.7. The second-order valence-electron chi connectivity index (χ2n) is 9.32. The zero-order valence-corrected chi connectivity index (χ0v) is 17.5. The molecule has 0 radical (unpaired) electrons. The maximum atomic E-state index is 12.9. The highest BCUT2D eigenvalue weighted by molar-refractivity contribution is 6.02. The predicted octanol–water partition coefficient (Wildman–Crippen LogP) is 3.52. The van der Waals surface area contributed by atoms with Crippen LogP contribution in [0.25, 0.3) is 5.65 Å². The lowest BCUT2D eigenvalue weighted by Crippen LogP contribution is -2.27. The number of nitrogens with one attached hydrogen (secondary N) is 1. The Bertz CT molecular complexity index is 1150. The lowest BCUT2D eigenvalue weighted by atomic mass is 9.84. The Morgan fingerprint density at radius 2 is 2.16 bits per heavy atom. The van der Waals surface area contributed by atoms with Gasteiger partial charge < -0.3 is 14.8 Å². The molecule has 31 heavy (non-hydrogen) atoms. The number of amides is 1. The lowest BCUT2D eigenvalue weighted by Gasteiger charge is -2.26. The zero-order valence-electron chi connectivity index (χ0n) is 17.5. The summed E-state index contributed by atoms with van der Waals surface area (Å²) in [5.41, 5.74) is 1.81. The van der Waals surface area contributed by atoms with Crippen molar-refractivity contribution in [2.75, 3.05) is 11.9 Å². The average molecular weight is 419 g/mol. The number of anilines is 1. The molecule has 1 amide bonds. The van der Waals surface area contributed by atoms with Crippen molar-refractivity contribution in [2.24, 2.45) is 0 Å². The lowest BCUT2D eigenvalue weighted by molar-refractivity contribution is -0.00627. The number of fused-ring (bicyclic) bond motifs is 3. The summed E-state index contributed by atoms with van der Waals surface area (Å²) in [7, 11) is 0. The molecular weight excluding hydrogens is 394 g/mol. The molecular formula is C23H25N5O3. The second kappa shape index (κ2) is 6.75. The van der Waals surface area contributed by atoms with E-state index >= 15 is 0 Å². The minimum absolute atomic E-state index is 0.0486. The normalized spacial score (nSPS) is 27.4. The minimum Gasteiger partial charge on any atom is -0.472 e. The van der Waals surface area contributed by atoms with Crippen molar-refractivity contribution in [1.82, 2.24) is 19.4 Å². The van der Waals surface area contributed by atoms with E-state index in [1.54, 1.807) is 24.5 Å². The summed E-state index contributed by atoms with van der Waals surface area (Å²) in [6.45, 7) is 2.87. The highest BCUT2D eigenvalue weighted by atomic mass is 16.5. The number of imidazole rings is 1. The number of ether oxygens (including phenoxy) is 2. The van der Waals surface area contributed by atoms with Gasteiger partial charge in [-0.15, -0.1) is 0 Å². The molecule has 8 heteroatoms. The summed E-state index contributed by atoms with van der Waals surface area (Å²) >= 11 is 0. The molecule has 0 unspecified atom stereocenters. The van der Waals surface area contributed by atoms with Crippen molar-refractivity contribution in [1.29, 1.82) is 0 Å². The van der Waals surface area contributed by atoms with E-state index in [4.69, 9.17) is 14.5 Å². The Morgan fingerprint density at radius 1 is 1.26 bits per heavy atom. The Hall–Kier alpha value is -3.00. The topological polar surface area (TPSA) is 90.6 Å². The maximum absolute atomic E-state index is 12.9. The van der Waals surface area contributed by atoms with Crippen molar-refractivity contribution in [3.8, 4) is 5.88 Å². The van der Waals surface area contributed by atoms with Gasteiger partial charge in [-0.25, -0.2) is 15.0 Å². The van der Waals surface area contributed by atoms with E-state index < -0.39 is 0 Å². The SMILES string of the molecule is C[C@@]12CC[C@@](c3cn4cc(C(=O)Nc5ccccn5)nc(OC5CCC5)c4n3)(CO1)C2. The van der Waals surface area contributed by atoms with E-state index in [1.165, 1.54) is 0 Å². The van der Waals surface area contributed by atoms with Gasteiger partial charge in [0.25, 0.3) is 11.8 Å². The van der Waals surface area contributed by atoms with E-state index in [9.17, 15) is 4.79 Å². The number of nitrogens with zero attached hydrogens (tertiary/aromatic N) is 4. The monoisotopic (exact) mass is 419 g/mol. The molecule has 2 saturated carbocycles. The molecule has 2 bridgehead atoms. The molecule has 2 atom stereocenters. The molecule has 3 aliphatic rings. The summed E-state index contributed by atoms with van der Waals surface area (Å²) in [6, 6.07) is 5.37. The van der Waals surface area contributed by atoms with Gasteiger partial charge in [0, 0.05) is 24.0 Å². The number of hydrogen-bond donors (Lipinski definition) is 1. The van der Waals surface area contributed by atoms with E-state index in [1.807, 2.05) is 16.7 Å². The summed E-state index contributed by atoms with van der Waals surface area (Å²) in [5, 5.41) is 2.80. The fourth-order valence-electron chi connectivity index (χ4n) is 4.93. The molecule has 2 aliphatic carbocycles. The highest BCUT2D eigenvalue weighted by Crippen LogP contribution is 2.53. The summed E-state index contributed by atoms with van der Waals surface area (Å²) < 4.78 is 14.1. The largest absolute Gasteiger partial charge is 0.472 e. The molecule has 0 spiro atoms. The first-order chi connectivity index (χ1) is 15.0. The molecule has 3 aromatic rings. The van der Waals surface area contributed by atoms with E-state index in [0.717, 1.165) is 44.2 Å². The molecule has 1 saturated heterocycles. The van der Waals surface area contributed by atoms with Gasteiger partial charge in [0.05, 0.1) is 17.9 Å². The van der Waals surface area contributed by atoms with Crippen LogP contribution >= 0.6 is 0 Å². The van der Waals surface area contributed by atoms with Gasteiger partial charge in [0.15, 0.2) is 0 Å². The van der Waals surface area contributed by atoms with Crippen LogP contribution in [0.1, 0.15) is 61.6 Å². The molecule has 1 N–H and O–H groups in total. The van der Waals surface area contributed by atoms with Crippen LogP contribution in [0.4, 0.5) is 5.82 Å². The number of carbonyl (C=O) groups excluding carboxylic acids is 1. The molecule has 3 aromatic heterocycles. The van der Waals surface area contributed by atoms with Crippen LogP contribution < -0.4 is 10.1 Å². The Morgan fingerprint density at radius 3 is 2.81 bits per heavy atom. The molecule has 3 fully saturated rings. The molecule has 4 heterocycles. The first-order valence-electron chi connectivity index (χ1n) is 11.0. The van der Waals surface area contributed by atoms with Gasteiger partial charge in [-0.3, -0.25) is 9.20 Å². The van der Waals surface area contributed by atoms with Crippen LogP contribution in [0.15, 0.2) is 36.8 Å². The summed E-state index contributed by atoms with van der Waals surface area (Å²) in [4.78, 5) is 26.5. The zero-order chi connectivity index (χ0) is 21.1. The fourth-order valence-corrected chi connectivity index (χ4v) is 4.93. The quantitative estimate of drug-likeness (QED) is 0.681. The van der Waals surface area contributed by atoms with Gasteiger partial charge in [-0.05, 0) is 57.6 Å². The van der Waals surface area contributed by atoms with E-state index in [2.05, 4.69) is 22.2 Å². The van der Waals surface area contributed by atoms with Crippen LogP contribution in [-0.2, 0) is 10.2 Å². The molecule has 8 nitrogen and oxygen atoms in total. The van der Waals surface area contributed by atoms with Crippen molar-refractivity contribution < 1.29 is 14.3 Å². The smallest absolute Gasteiger partial charge is 0.277 e. The predicted molar refractivity (Wildman–Crippen MR) is 113 cm³/mol. The van der Waals surface area contributed by atoms with Gasteiger partial charge in [0.1, 0.15) is 17.6 Å². The van der Waals surface area contributed by atoms with Crippen LogP contribution in [-0.4, -0.2) is 43.6 Å². The first-order valence-corrected chi connectivity index (χ1v) is 11.0. The molecule has 160 valence electrons. The third-order valence-electron chi connectivity index (χ3n) is 6.96. The molecule has 1 aliphatic heterocycles. The molecule has 6 rings (SSSR count). The van der Waals surface area contributed by atoms with Crippen LogP contribution in [0.2, 0.25) is 0 Å². The van der Waals surface area contributed by atoms with Crippen molar-refractivity contribution in [2.45, 2.75) is 62.6 Å². The highest BCUT2D eigenvalue weighted by Gasteiger charge is 2.55. The van der Waals surface area contributed by atoms with Crippen molar-refractivity contribution in [3.05, 3.63) is 48.2 Å². The number of rotatable bonds is 5. The second-order valence-corrected chi connectivity index (χ2v) is 9.32. The standard InChI is InChI=1S/C23H25N5O3/c1-22-8-9-23(13-22,14-30-22)17-12-28-11-16(20(29)27-18-7-2-3-10-24-18)25-21(19(28)26-17)31-15-5-4-6-15/h2-3,7,10-12,15H,4-6,8-9,13-14H2,1H3,(H,24,27,29)/t22-,23-/m0/s1. The van der Waals surface area contributed by atoms with Gasteiger partial charge >= 0.3 is 0 Å². The van der Waals surface area contributed by atoms with Crippen molar-refractivity contribution >= 4 is 17.4 Å². The number of carbonyl (C=O) groups is 1. The third-order valence-corrected chi connectivity index (χ3v) is 6.96. The van der Waals surface area contributed by atoms with Gasteiger partial charge in [0.2, 0.25) is 5.65 Å². The minimum atomic E-state index is -0.329. The number of hydrogen-bond acceptors (Lipinski definition) is 6. The molecule has 0 aromatic carbocycles. The first kappa shape index (κ1) is 18.7. The Balaban J connectivity index is 1.39. The van der Waals surface area contributed by atoms with Crippen molar-refractivity contribution in [3.63, 3.8) is 0 Å². The maximum Gasteiger partial charge on any atom is 0.277 e. The Labute approximate surface area is 180 Å². The van der Waals surface area contributed by atoms with Gasteiger partial charge in [-0.2, -0.15) is 0 Å². The van der Waals surface area contributed by atoms with E-state index in [-0.39, 0.29) is 28.7 Å². The number of aromatic nitrogens is 4. The fraction of sp³-hybridized carbons (Fsp3) is 0.478. The average Bonchev–Trinajstić information content (AvgIpc) is 3.42. The van der Waals surface area contributed by atoms with Crippen LogP contribution in [0, 0.1) is 0 Å². The Kier molecular flexibility index (Phi) is 4.08. The van der Waals surface area contributed by atoms with Crippen LogP contribution in [0.3, 0.4) is 0 Å².